The third-order valence-corrected chi connectivity index (χ3v) is 2.70. The number of halogens is 1. The Morgan fingerprint density at radius 3 is 2.56 bits per heavy atom. The molecule has 2 aromatic rings. The van der Waals surface area contributed by atoms with Crippen molar-refractivity contribution in [3.8, 4) is 0 Å². The number of nitrogens with one attached hydrogen (secondary N) is 2. The summed E-state index contributed by atoms with van der Waals surface area (Å²) < 4.78 is 0. The molecule has 1 atom stereocenters. The summed E-state index contributed by atoms with van der Waals surface area (Å²) in [4.78, 5) is 22.6. The van der Waals surface area contributed by atoms with Gasteiger partial charge in [-0.15, -0.1) is 11.6 Å². The SMILES string of the molecule is O=C(Nc1ccc(=O)[nH]n1)C(Cl)c1ccccc1. The zero-order valence-electron chi connectivity index (χ0n) is 9.26. The Labute approximate surface area is 108 Å². The Balaban J connectivity index is 2.08. The molecule has 0 aliphatic heterocycles. The van der Waals surface area contributed by atoms with Gasteiger partial charge in [0.25, 0.3) is 5.56 Å². The molecule has 1 amide bonds. The first-order valence-electron chi connectivity index (χ1n) is 5.22. The van der Waals surface area contributed by atoms with Crippen LogP contribution in [0, 0.1) is 0 Å². The Morgan fingerprint density at radius 1 is 1.22 bits per heavy atom. The maximum absolute atomic E-state index is 11.8. The molecule has 0 spiro atoms. The van der Waals surface area contributed by atoms with Crippen LogP contribution in [0.4, 0.5) is 5.82 Å². The smallest absolute Gasteiger partial charge is 0.264 e. The summed E-state index contributed by atoms with van der Waals surface area (Å²) in [6.07, 6.45) is 0. The molecular weight excluding hydrogens is 254 g/mol. The summed E-state index contributed by atoms with van der Waals surface area (Å²) in [5, 5.41) is 7.60. The summed E-state index contributed by atoms with van der Waals surface area (Å²) in [6, 6.07) is 11.6. The van der Waals surface area contributed by atoms with E-state index in [1.165, 1.54) is 12.1 Å². The minimum absolute atomic E-state index is 0.251. The van der Waals surface area contributed by atoms with E-state index in [1.807, 2.05) is 6.07 Å². The lowest BCUT2D eigenvalue weighted by Crippen LogP contribution is -2.19. The molecule has 0 aliphatic rings. The van der Waals surface area contributed by atoms with E-state index in [0.29, 0.717) is 5.56 Å². The number of benzene rings is 1. The molecule has 1 aromatic heterocycles. The van der Waals surface area contributed by atoms with Gasteiger partial charge in [0.05, 0.1) is 0 Å². The predicted octanol–water partition coefficient (Wildman–Crippen LogP) is 1.69. The molecule has 2 rings (SSSR count). The fourth-order valence-electron chi connectivity index (χ4n) is 1.38. The number of nitrogens with zero attached hydrogens (tertiary/aromatic N) is 1. The second-order valence-corrected chi connectivity index (χ2v) is 4.01. The summed E-state index contributed by atoms with van der Waals surface area (Å²) >= 11 is 6.03. The van der Waals surface area contributed by atoms with E-state index in [4.69, 9.17) is 11.6 Å². The fraction of sp³-hybridized carbons (Fsp3) is 0.0833. The summed E-state index contributed by atoms with van der Waals surface area (Å²) in [5.74, 6) is -0.149. The molecule has 1 unspecified atom stereocenters. The van der Waals surface area contributed by atoms with E-state index in [9.17, 15) is 9.59 Å². The van der Waals surface area contributed by atoms with Crippen LogP contribution in [-0.4, -0.2) is 16.1 Å². The molecule has 5 nitrogen and oxygen atoms in total. The van der Waals surface area contributed by atoms with Crippen molar-refractivity contribution >= 4 is 23.3 Å². The average molecular weight is 264 g/mol. The van der Waals surface area contributed by atoms with Crippen molar-refractivity contribution in [1.82, 2.24) is 10.2 Å². The van der Waals surface area contributed by atoms with Crippen LogP contribution in [0.1, 0.15) is 10.9 Å². The normalized spacial score (nSPS) is 11.8. The van der Waals surface area contributed by atoms with Crippen LogP contribution >= 0.6 is 11.6 Å². The molecule has 0 saturated carbocycles. The van der Waals surface area contributed by atoms with E-state index >= 15 is 0 Å². The standard InChI is InChI=1S/C12H10ClN3O2/c13-11(8-4-2-1-3-5-8)12(18)14-9-6-7-10(17)16-15-9/h1-7,11H,(H,16,17)(H,14,15,18). The lowest BCUT2D eigenvalue weighted by Gasteiger charge is -2.09. The number of aromatic nitrogens is 2. The number of anilines is 1. The van der Waals surface area contributed by atoms with Crippen molar-refractivity contribution < 1.29 is 4.79 Å². The van der Waals surface area contributed by atoms with E-state index < -0.39 is 11.3 Å². The summed E-state index contributed by atoms with van der Waals surface area (Å²) in [5.41, 5.74) is 0.361. The molecule has 1 aromatic carbocycles. The van der Waals surface area contributed by atoms with Crippen molar-refractivity contribution in [3.63, 3.8) is 0 Å². The lowest BCUT2D eigenvalue weighted by molar-refractivity contribution is -0.116. The molecule has 2 N–H and O–H groups in total. The second kappa shape index (κ2) is 5.46. The number of aromatic amines is 1. The van der Waals surface area contributed by atoms with Crippen LogP contribution in [0.15, 0.2) is 47.3 Å². The molecule has 1 heterocycles. The Kier molecular flexibility index (Phi) is 3.74. The van der Waals surface area contributed by atoms with Crippen molar-refractivity contribution in [3.05, 3.63) is 58.4 Å². The minimum atomic E-state index is -0.806. The van der Waals surface area contributed by atoms with Crippen LogP contribution in [-0.2, 0) is 4.79 Å². The molecule has 92 valence electrons. The van der Waals surface area contributed by atoms with Gasteiger partial charge in [-0.1, -0.05) is 30.3 Å². The lowest BCUT2D eigenvalue weighted by atomic mass is 10.1. The Bertz CT molecular complexity index is 577. The predicted molar refractivity (Wildman–Crippen MR) is 68.5 cm³/mol. The van der Waals surface area contributed by atoms with E-state index in [0.717, 1.165) is 0 Å². The highest BCUT2D eigenvalue weighted by Crippen LogP contribution is 2.21. The number of hydrogen-bond donors (Lipinski definition) is 2. The largest absolute Gasteiger partial charge is 0.308 e. The van der Waals surface area contributed by atoms with Crippen LogP contribution in [0.3, 0.4) is 0 Å². The number of alkyl halides is 1. The molecule has 0 bridgehead atoms. The third-order valence-electron chi connectivity index (χ3n) is 2.25. The zero-order valence-corrected chi connectivity index (χ0v) is 10.0. The number of H-pyrrole nitrogens is 1. The highest BCUT2D eigenvalue weighted by atomic mass is 35.5. The Hall–Kier alpha value is -2.14. The quantitative estimate of drug-likeness (QED) is 0.828. The van der Waals surface area contributed by atoms with Gasteiger partial charge >= 0.3 is 0 Å². The highest BCUT2D eigenvalue weighted by Gasteiger charge is 2.17. The summed E-state index contributed by atoms with van der Waals surface area (Å²) in [7, 11) is 0. The van der Waals surface area contributed by atoms with Crippen molar-refractivity contribution in [2.24, 2.45) is 0 Å². The molecule has 6 heteroatoms. The van der Waals surface area contributed by atoms with E-state index in [1.54, 1.807) is 24.3 Å². The topological polar surface area (TPSA) is 74.8 Å². The third kappa shape index (κ3) is 2.95. The molecule has 18 heavy (non-hydrogen) atoms. The van der Waals surface area contributed by atoms with Crippen LogP contribution in [0.25, 0.3) is 0 Å². The fourth-order valence-corrected chi connectivity index (χ4v) is 1.58. The Morgan fingerprint density at radius 2 is 1.94 bits per heavy atom. The first-order valence-corrected chi connectivity index (χ1v) is 5.66. The number of carbonyl (C=O) groups excluding carboxylic acids is 1. The number of hydrogen-bond acceptors (Lipinski definition) is 3. The zero-order chi connectivity index (χ0) is 13.0. The van der Waals surface area contributed by atoms with Crippen LogP contribution in [0.5, 0.6) is 0 Å². The van der Waals surface area contributed by atoms with Crippen LogP contribution in [0.2, 0.25) is 0 Å². The van der Waals surface area contributed by atoms with Gasteiger partial charge < -0.3 is 5.32 Å². The van der Waals surface area contributed by atoms with E-state index in [-0.39, 0.29) is 11.4 Å². The van der Waals surface area contributed by atoms with Crippen LogP contribution < -0.4 is 10.9 Å². The van der Waals surface area contributed by atoms with Gasteiger partial charge in [0.15, 0.2) is 5.82 Å². The first-order chi connectivity index (χ1) is 8.66. The number of amides is 1. The van der Waals surface area contributed by atoms with Gasteiger partial charge in [0.1, 0.15) is 5.38 Å². The maximum atomic E-state index is 11.8. The molecular formula is C12H10ClN3O2. The second-order valence-electron chi connectivity index (χ2n) is 3.57. The van der Waals surface area contributed by atoms with Gasteiger partial charge in [-0.3, -0.25) is 9.59 Å². The average Bonchev–Trinajstić information content (AvgIpc) is 2.41. The molecule has 0 fully saturated rings. The van der Waals surface area contributed by atoms with Gasteiger partial charge in [0.2, 0.25) is 5.91 Å². The highest BCUT2D eigenvalue weighted by molar-refractivity contribution is 6.32. The van der Waals surface area contributed by atoms with Gasteiger partial charge in [-0.25, -0.2) is 5.10 Å². The first kappa shape index (κ1) is 12.3. The molecule has 0 saturated heterocycles. The number of rotatable bonds is 3. The summed E-state index contributed by atoms with van der Waals surface area (Å²) in [6.45, 7) is 0. The van der Waals surface area contributed by atoms with E-state index in [2.05, 4.69) is 15.5 Å². The monoisotopic (exact) mass is 263 g/mol. The molecule has 0 radical (unpaired) electrons. The van der Waals surface area contributed by atoms with Crippen molar-refractivity contribution in [2.45, 2.75) is 5.38 Å². The van der Waals surface area contributed by atoms with Gasteiger partial charge in [0, 0.05) is 6.07 Å². The number of carbonyl (C=O) groups is 1. The molecule has 0 aliphatic carbocycles. The van der Waals surface area contributed by atoms with Crippen molar-refractivity contribution in [1.29, 1.82) is 0 Å². The van der Waals surface area contributed by atoms with Gasteiger partial charge in [-0.2, -0.15) is 5.10 Å². The van der Waals surface area contributed by atoms with Crippen molar-refractivity contribution in [2.75, 3.05) is 5.32 Å². The van der Waals surface area contributed by atoms with Gasteiger partial charge in [-0.05, 0) is 11.6 Å². The minimum Gasteiger partial charge on any atom is -0.308 e. The maximum Gasteiger partial charge on any atom is 0.264 e.